The fourth-order valence-electron chi connectivity index (χ4n) is 2.98. The second-order valence-electron chi connectivity index (χ2n) is 6.50. The third-order valence-corrected chi connectivity index (χ3v) is 4.73. The third-order valence-electron chi connectivity index (χ3n) is 4.73. The molecule has 3 rings (SSSR count). The van der Waals surface area contributed by atoms with Gasteiger partial charge >= 0.3 is 0 Å². The van der Waals surface area contributed by atoms with E-state index in [1.807, 2.05) is 37.3 Å². The minimum atomic E-state index is -0.436. The Balaban J connectivity index is 1.54. The summed E-state index contributed by atoms with van der Waals surface area (Å²) >= 11 is 0. The number of carbonyl (C=O) groups is 2. The highest BCUT2D eigenvalue weighted by Crippen LogP contribution is 2.31. The predicted molar refractivity (Wildman–Crippen MR) is 90.2 cm³/mol. The van der Waals surface area contributed by atoms with Crippen LogP contribution in [0.15, 0.2) is 53.1 Å². The van der Waals surface area contributed by atoms with E-state index in [0.717, 1.165) is 5.56 Å². The summed E-state index contributed by atoms with van der Waals surface area (Å²) < 4.78 is 5.17. The molecule has 2 amide bonds. The standard InChI is InChI=1S/C19H22N2O3/c1-19(18(23)20-14-15-6-3-2-4-7-15)9-11-21(12-10-19)17(22)16-8-5-13-24-16/h2-8,13H,9-12,14H2,1H3,(H,20,23). The van der Waals surface area contributed by atoms with Crippen LogP contribution in [0, 0.1) is 5.41 Å². The molecule has 0 radical (unpaired) electrons. The molecule has 1 fully saturated rings. The van der Waals surface area contributed by atoms with Gasteiger partial charge in [-0.15, -0.1) is 0 Å². The number of amides is 2. The van der Waals surface area contributed by atoms with Crippen LogP contribution >= 0.6 is 0 Å². The number of carbonyl (C=O) groups excluding carboxylic acids is 2. The number of nitrogens with zero attached hydrogens (tertiary/aromatic N) is 1. The monoisotopic (exact) mass is 326 g/mol. The summed E-state index contributed by atoms with van der Waals surface area (Å²) in [5.41, 5.74) is 0.647. The highest BCUT2D eigenvalue weighted by atomic mass is 16.3. The molecule has 1 aliphatic rings. The normalized spacial score (nSPS) is 16.6. The lowest BCUT2D eigenvalue weighted by atomic mass is 9.79. The van der Waals surface area contributed by atoms with Crippen LogP contribution in [-0.2, 0) is 11.3 Å². The maximum atomic E-state index is 12.6. The Kier molecular flexibility index (Phi) is 4.69. The first-order valence-corrected chi connectivity index (χ1v) is 8.23. The molecule has 5 nitrogen and oxygen atoms in total. The van der Waals surface area contributed by atoms with Crippen LogP contribution in [0.5, 0.6) is 0 Å². The average Bonchev–Trinajstić information content (AvgIpc) is 3.15. The molecule has 2 aromatic rings. The number of piperidine rings is 1. The molecule has 1 aromatic carbocycles. The highest BCUT2D eigenvalue weighted by molar-refractivity contribution is 5.91. The maximum absolute atomic E-state index is 12.6. The zero-order valence-electron chi connectivity index (χ0n) is 13.8. The van der Waals surface area contributed by atoms with Gasteiger partial charge in [0.25, 0.3) is 5.91 Å². The molecule has 1 aliphatic heterocycles. The number of hydrogen-bond acceptors (Lipinski definition) is 3. The molecule has 1 N–H and O–H groups in total. The molecule has 1 aromatic heterocycles. The van der Waals surface area contributed by atoms with E-state index in [9.17, 15) is 9.59 Å². The first kappa shape index (κ1) is 16.3. The highest BCUT2D eigenvalue weighted by Gasteiger charge is 2.38. The summed E-state index contributed by atoms with van der Waals surface area (Å²) in [6.07, 6.45) is 2.80. The van der Waals surface area contributed by atoms with E-state index in [-0.39, 0.29) is 11.8 Å². The number of nitrogens with one attached hydrogen (secondary N) is 1. The van der Waals surface area contributed by atoms with Crippen LogP contribution in [0.4, 0.5) is 0 Å². The number of rotatable bonds is 4. The molecule has 2 heterocycles. The van der Waals surface area contributed by atoms with Crippen LogP contribution in [0.1, 0.15) is 35.9 Å². The number of furan rings is 1. The van der Waals surface area contributed by atoms with Crippen molar-refractivity contribution < 1.29 is 14.0 Å². The Morgan fingerprint density at radius 2 is 1.83 bits per heavy atom. The maximum Gasteiger partial charge on any atom is 0.289 e. The van der Waals surface area contributed by atoms with Gasteiger partial charge < -0.3 is 14.6 Å². The van der Waals surface area contributed by atoms with Crippen molar-refractivity contribution in [1.29, 1.82) is 0 Å². The summed E-state index contributed by atoms with van der Waals surface area (Å²) in [5, 5.41) is 3.02. The van der Waals surface area contributed by atoms with E-state index < -0.39 is 5.41 Å². The molecule has 0 saturated carbocycles. The van der Waals surface area contributed by atoms with Crippen molar-refractivity contribution in [3.05, 3.63) is 60.1 Å². The van der Waals surface area contributed by atoms with Gasteiger partial charge in [0.2, 0.25) is 5.91 Å². The number of likely N-dealkylation sites (tertiary alicyclic amines) is 1. The Morgan fingerprint density at radius 1 is 1.12 bits per heavy atom. The van der Waals surface area contributed by atoms with E-state index in [1.165, 1.54) is 6.26 Å². The van der Waals surface area contributed by atoms with Gasteiger partial charge in [0, 0.05) is 25.0 Å². The molecule has 24 heavy (non-hydrogen) atoms. The van der Waals surface area contributed by atoms with Gasteiger partial charge in [0.05, 0.1) is 6.26 Å². The van der Waals surface area contributed by atoms with Gasteiger partial charge in [-0.25, -0.2) is 0 Å². The fourth-order valence-corrected chi connectivity index (χ4v) is 2.98. The summed E-state index contributed by atoms with van der Waals surface area (Å²) in [7, 11) is 0. The molecule has 0 unspecified atom stereocenters. The van der Waals surface area contributed by atoms with Crippen LogP contribution in [0.2, 0.25) is 0 Å². The lowest BCUT2D eigenvalue weighted by Gasteiger charge is -2.37. The van der Waals surface area contributed by atoms with Crippen molar-refractivity contribution in [2.75, 3.05) is 13.1 Å². The Bertz CT molecular complexity index is 687. The summed E-state index contributed by atoms with van der Waals surface area (Å²) in [6, 6.07) is 13.2. The fraction of sp³-hybridized carbons (Fsp3) is 0.368. The first-order chi connectivity index (χ1) is 11.6. The summed E-state index contributed by atoms with van der Waals surface area (Å²) in [4.78, 5) is 26.6. The molecule has 0 spiro atoms. The summed E-state index contributed by atoms with van der Waals surface area (Å²) in [6.45, 7) is 3.63. The van der Waals surface area contributed by atoms with Crippen LogP contribution < -0.4 is 5.32 Å². The Hall–Kier alpha value is -2.56. The summed E-state index contributed by atoms with van der Waals surface area (Å²) in [5.74, 6) is 0.301. The Labute approximate surface area is 141 Å². The van der Waals surface area contributed by atoms with E-state index in [4.69, 9.17) is 4.42 Å². The van der Waals surface area contributed by atoms with Gasteiger partial charge in [0.15, 0.2) is 5.76 Å². The van der Waals surface area contributed by atoms with Crippen molar-refractivity contribution >= 4 is 11.8 Å². The molecule has 126 valence electrons. The van der Waals surface area contributed by atoms with E-state index in [2.05, 4.69) is 5.32 Å². The van der Waals surface area contributed by atoms with Crippen molar-refractivity contribution in [2.45, 2.75) is 26.3 Å². The number of hydrogen-bond donors (Lipinski definition) is 1. The quantitative estimate of drug-likeness (QED) is 0.940. The first-order valence-electron chi connectivity index (χ1n) is 8.23. The molecular weight excluding hydrogens is 304 g/mol. The van der Waals surface area contributed by atoms with Crippen LogP contribution in [0.25, 0.3) is 0 Å². The Morgan fingerprint density at radius 3 is 2.46 bits per heavy atom. The SMILES string of the molecule is CC1(C(=O)NCc2ccccc2)CCN(C(=O)c2ccco2)CC1. The third kappa shape index (κ3) is 3.50. The lowest BCUT2D eigenvalue weighted by molar-refractivity contribution is -0.132. The molecule has 5 heteroatoms. The van der Waals surface area contributed by atoms with Crippen LogP contribution in [-0.4, -0.2) is 29.8 Å². The molecule has 0 aliphatic carbocycles. The van der Waals surface area contributed by atoms with E-state index in [1.54, 1.807) is 17.0 Å². The van der Waals surface area contributed by atoms with Crippen molar-refractivity contribution in [3.63, 3.8) is 0 Å². The molecule has 1 saturated heterocycles. The van der Waals surface area contributed by atoms with E-state index in [0.29, 0.717) is 38.2 Å². The second kappa shape index (κ2) is 6.91. The smallest absolute Gasteiger partial charge is 0.289 e. The zero-order chi connectivity index (χ0) is 17.0. The van der Waals surface area contributed by atoms with Crippen LogP contribution in [0.3, 0.4) is 0 Å². The largest absolute Gasteiger partial charge is 0.459 e. The van der Waals surface area contributed by atoms with Gasteiger partial charge in [-0.1, -0.05) is 37.3 Å². The predicted octanol–water partition coefficient (Wildman–Crippen LogP) is 2.84. The average molecular weight is 326 g/mol. The van der Waals surface area contributed by atoms with Gasteiger partial charge in [0.1, 0.15) is 0 Å². The topological polar surface area (TPSA) is 62.6 Å². The van der Waals surface area contributed by atoms with E-state index >= 15 is 0 Å². The molecule has 0 atom stereocenters. The molecule has 0 bridgehead atoms. The van der Waals surface area contributed by atoms with Gasteiger partial charge in [-0.05, 0) is 30.5 Å². The number of benzene rings is 1. The lowest BCUT2D eigenvalue weighted by Crippen LogP contribution is -2.48. The van der Waals surface area contributed by atoms with Gasteiger partial charge in [-0.2, -0.15) is 0 Å². The van der Waals surface area contributed by atoms with Crippen molar-refractivity contribution in [2.24, 2.45) is 5.41 Å². The minimum Gasteiger partial charge on any atom is -0.459 e. The minimum absolute atomic E-state index is 0.0523. The zero-order valence-corrected chi connectivity index (χ0v) is 13.8. The van der Waals surface area contributed by atoms with Crippen molar-refractivity contribution in [1.82, 2.24) is 10.2 Å². The van der Waals surface area contributed by atoms with Crippen molar-refractivity contribution in [3.8, 4) is 0 Å². The van der Waals surface area contributed by atoms with Gasteiger partial charge in [-0.3, -0.25) is 9.59 Å². The molecular formula is C19H22N2O3. The second-order valence-corrected chi connectivity index (χ2v) is 6.50.